The van der Waals surface area contributed by atoms with Gasteiger partial charge < -0.3 is 0 Å². The summed E-state index contributed by atoms with van der Waals surface area (Å²) in [4.78, 5) is 0.0694. The molecule has 1 heterocycles. The van der Waals surface area contributed by atoms with Gasteiger partial charge in [0.2, 0.25) is 10.3 Å². The molecule has 0 spiro atoms. The molecular weight excluding hydrogens is 274 g/mol. The van der Waals surface area contributed by atoms with Crippen molar-refractivity contribution < 1.29 is 17.2 Å². The first-order valence-corrected chi connectivity index (χ1v) is 6.88. The highest BCUT2D eigenvalue weighted by Crippen LogP contribution is 2.53. The van der Waals surface area contributed by atoms with Gasteiger partial charge in [-0.2, -0.15) is 18.6 Å². The Hall–Kier alpha value is -1.63. The standard InChI is InChI=1S/C12H10F2N2O2S/c1-6-7(5-12(6,13)14)11-10-8(15-16-11)3-2-4-9(10)19(17)18/h2-4,6-7H,5H2,1H3. The van der Waals surface area contributed by atoms with Gasteiger partial charge in [0, 0.05) is 23.8 Å². The maximum Gasteiger partial charge on any atom is 0.251 e. The van der Waals surface area contributed by atoms with Crippen molar-refractivity contribution in [1.29, 1.82) is 0 Å². The van der Waals surface area contributed by atoms with E-state index in [9.17, 15) is 17.2 Å². The van der Waals surface area contributed by atoms with E-state index in [0.29, 0.717) is 17.0 Å². The number of halogens is 2. The molecule has 0 bridgehead atoms. The zero-order valence-corrected chi connectivity index (χ0v) is 10.8. The fourth-order valence-electron chi connectivity index (χ4n) is 2.54. The highest BCUT2D eigenvalue weighted by atomic mass is 32.2. The smallest absolute Gasteiger partial charge is 0.207 e. The number of alkyl halides is 2. The van der Waals surface area contributed by atoms with Crippen molar-refractivity contribution in [1.82, 2.24) is 0 Å². The van der Waals surface area contributed by atoms with Gasteiger partial charge in [-0.3, -0.25) is 0 Å². The second kappa shape index (κ2) is 3.93. The minimum absolute atomic E-state index is 0.0694. The molecule has 3 rings (SSSR count). The van der Waals surface area contributed by atoms with Crippen LogP contribution < -0.4 is 0 Å². The monoisotopic (exact) mass is 284 g/mol. The van der Waals surface area contributed by atoms with Crippen molar-refractivity contribution in [3.8, 4) is 0 Å². The molecule has 1 fully saturated rings. The molecule has 2 atom stereocenters. The van der Waals surface area contributed by atoms with Crippen LogP contribution in [-0.4, -0.2) is 19.2 Å². The molecule has 3 aliphatic rings. The Balaban J connectivity index is 2.10. The van der Waals surface area contributed by atoms with Gasteiger partial charge >= 0.3 is 0 Å². The zero-order chi connectivity index (χ0) is 13.8. The molecule has 4 nitrogen and oxygen atoms in total. The first-order valence-electron chi connectivity index (χ1n) is 5.81. The molecule has 19 heavy (non-hydrogen) atoms. The van der Waals surface area contributed by atoms with Crippen LogP contribution in [0.1, 0.15) is 13.3 Å². The van der Waals surface area contributed by atoms with E-state index in [-0.39, 0.29) is 11.3 Å². The molecule has 0 aromatic heterocycles. The van der Waals surface area contributed by atoms with Gasteiger partial charge in [-0.15, -0.1) is 0 Å². The molecule has 0 aromatic carbocycles. The van der Waals surface area contributed by atoms with Crippen LogP contribution in [0.25, 0.3) is 0 Å². The van der Waals surface area contributed by atoms with Crippen LogP contribution in [0.3, 0.4) is 0 Å². The van der Waals surface area contributed by atoms with E-state index >= 15 is 0 Å². The number of fused-ring (bicyclic) bond motifs is 1. The Morgan fingerprint density at radius 2 is 2.11 bits per heavy atom. The normalized spacial score (nSPS) is 31.1. The van der Waals surface area contributed by atoms with Crippen LogP contribution in [0.4, 0.5) is 8.78 Å². The molecule has 2 aliphatic carbocycles. The highest BCUT2D eigenvalue weighted by Gasteiger charge is 2.56. The van der Waals surface area contributed by atoms with Crippen LogP contribution in [0, 0.1) is 11.8 Å². The molecule has 0 aromatic rings. The Bertz CT molecular complexity index is 706. The summed E-state index contributed by atoms with van der Waals surface area (Å²) in [5.41, 5.74) is 1.18. The van der Waals surface area contributed by atoms with Gasteiger partial charge in [-0.1, -0.05) is 13.0 Å². The van der Waals surface area contributed by atoms with E-state index in [1.165, 1.54) is 13.0 Å². The van der Waals surface area contributed by atoms with Crippen LogP contribution in [0.5, 0.6) is 0 Å². The summed E-state index contributed by atoms with van der Waals surface area (Å²) in [5, 5.41) is 7.80. The molecule has 0 N–H and O–H groups in total. The van der Waals surface area contributed by atoms with Crippen LogP contribution in [-0.2, 0) is 10.3 Å². The maximum atomic E-state index is 13.3. The van der Waals surface area contributed by atoms with Gasteiger partial charge in [-0.25, -0.2) is 8.78 Å². The quantitative estimate of drug-likeness (QED) is 0.695. The van der Waals surface area contributed by atoms with Gasteiger partial charge in [0.05, 0.1) is 11.4 Å². The fraction of sp³-hybridized carbons (Fsp3) is 0.417. The van der Waals surface area contributed by atoms with Crippen LogP contribution in [0.15, 0.2) is 45.4 Å². The first kappa shape index (κ1) is 12.4. The average Bonchev–Trinajstić information content (AvgIpc) is 2.78. The summed E-state index contributed by atoms with van der Waals surface area (Å²) in [6.07, 6.45) is 4.32. The summed E-state index contributed by atoms with van der Waals surface area (Å²) in [6, 6.07) is 0. The Labute approximate surface area is 109 Å². The number of azo groups is 1. The topological polar surface area (TPSA) is 58.9 Å². The van der Waals surface area contributed by atoms with E-state index in [0.717, 1.165) is 0 Å². The summed E-state index contributed by atoms with van der Waals surface area (Å²) >= 11 is 0. The Morgan fingerprint density at radius 1 is 1.37 bits per heavy atom. The summed E-state index contributed by atoms with van der Waals surface area (Å²) in [6.45, 7) is 1.45. The highest BCUT2D eigenvalue weighted by molar-refractivity contribution is 7.73. The van der Waals surface area contributed by atoms with Crippen molar-refractivity contribution in [2.75, 3.05) is 0 Å². The Morgan fingerprint density at radius 3 is 2.68 bits per heavy atom. The summed E-state index contributed by atoms with van der Waals surface area (Å²) < 4.78 is 48.9. The van der Waals surface area contributed by atoms with Crippen molar-refractivity contribution >= 4 is 15.2 Å². The molecular formula is C12H10F2N2O2S. The molecule has 0 amide bonds. The fourth-order valence-corrected chi connectivity index (χ4v) is 3.11. The number of hydrogen-bond donors (Lipinski definition) is 0. The van der Waals surface area contributed by atoms with Crippen molar-refractivity contribution in [3.05, 3.63) is 35.2 Å². The van der Waals surface area contributed by atoms with Gasteiger partial charge in [0.15, 0.2) is 0 Å². The third-order valence-electron chi connectivity index (χ3n) is 3.82. The lowest BCUT2D eigenvalue weighted by molar-refractivity contribution is -0.154. The van der Waals surface area contributed by atoms with Crippen molar-refractivity contribution in [2.45, 2.75) is 19.3 Å². The maximum absolute atomic E-state index is 13.3. The second-order valence-electron chi connectivity index (χ2n) is 4.83. The van der Waals surface area contributed by atoms with Gasteiger partial charge in [0.25, 0.3) is 5.92 Å². The van der Waals surface area contributed by atoms with Crippen molar-refractivity contribution in [2.24, 2.45) is 22.1 Å². The predicted octanol–water partition coefficient (Wildman–Crippen LogP) is 2.50. The summed E-state index contributed by atoms with van der Waals surface area (Å²) in [5.74, 6) is -3.99. The van der Waals surface area contributed by atoms with Crippen LogP contribution in [0.2, 0.25) is 0 Å². The molecule has 0 radical (unpaired) electrons. The molecule has 7 heteroatoms. The Kier molecular flexibility index (Phi) is 2.57. The van der Waals surface area contributed by atoms with E-state index in [2.05, 4.69) is 10.2 Å². The first-order chi connectivity index (χ1) is 8.92. The largest absolute Gasteiger partial charge is 0.251 e. The lowest BCUT2D eigenvalue weighted by Gasteiger charge is -2.42. The van der Waals surface area contributed by atoms with Crippen LogP contribution >= 0.6 is 0 Å². The number of hydrogen-bond acceptors (Lipinski definition) is 4. The molecule has 2 unspecified atom stereocenters. The van der Waals surface area contributed by atoms with E-state index in [1.54, 1.807) is 12.2 Å². The third kappa shape index (κ3) is 1.72. The number of allylic oxidation sites excluding steroid dienone is 5. The molecule has 1 saturated carbocycles. The van der Waals surface area contributed by atoms with Gasteiger partial charge in [-0.05, 0) is 12.2 Å². The lowest BCUT2D eigenvalue weighted by atomic mass is 9.68. The summed E-state index contributed by atoms with van der Waals surface area (Å²) in [7, 11) is -2.43. The lowest BCUT2D eigenvalue weighted by Crippen LogP contribution is -2.46. The zero-order valence-electron chi connectivity index (χ0n) is 9.97. The second-order valence-corrected chi connectivity index (χ2v) is 5.74. The van der Waals surface area contributed by atoms with E-state index in [4.69, 9.17) is 0 Å². The number of nitrogens with zero attached hydrogens (tertiary/aromatic N) is 2. The van der Waals surface area contributed by atoms with Crippen molar-refractivity contribution in [3.63, 3.8) is 0 Å². The SMILES string of the molecule is CC1C(C2=C3C(=CC=CC3=S(=O)=O)N=N2)CC1(F)F. The van der Waals surface area contributed by atoms with Gasteiger partial charge in [0.1, 0.15) is 4.86 Å². The van der Waals surface area contributed by atoms with E-state index < -0.39 is 28.1 Å². The average molecular weight is 284 g/mol. The predicted molar refractivity (Wildman–Crippen MR) is 65.2 cm³/mol. The third-order valence-corrected chi connectivity index (χ3v) is 4.52. The molecule has 1 aliphatic heterocycles. The number of rotatable bonds is 1. The van der Waals surface area contributed by atoms with E-state index in [1.807, 2.05) is 0 Å². The minimum Gasteiger partial charge on any atom is -0.207 e. The molecule has 0 saturated heterocycles. The molecule has 100 valence electrons. The minimum atomic E-state index is -2.71.